The highest BCUT2D eigenvalue weighted by Crippen LogP contribution is 2.31. The lowest BCUT2D eigenvalue weighted by atomic mass is 9.79. The van der Waals surface area contributed by atoms with Gasteiger partial charge in [-0.2, -0.15) is 9.36 Å². The highest BCUT2D eigenvalue weighted by molar-refractivity contribution is 7.92. The Hall–Kier alpha value is -2.65. The Balaban J connectivity index is 2.14. The third-order valence-electron chi connectivity index (χ3n) is 6.38. The molecule has 0 aliphatic carbocycles. The number of aromatic nitrogens is 2. The molecular formula is C28H49N7O5S3. The molecule has 1 aromatic carbocycles. The van der Waals surface area contributed by atoms with Gasteiger partial charge in [0.25, 0.3) is 0 Å². The monoisotopic (exact) mass is 659 g/mol. The highest BCUT2D eigenvalue weighted by atomic mass is 32.2. The molecule has 1 heterocycles. The van der Waals surface area contributed by atoms with E-state index in [1.165, 1.54) is 18.2 Å². The second-order valence-electron chi connectivity index (χ2n) is 14.0. The summed E-state index contributed by atoms with van der Waals surface area (Å²) < 4.78 is 56.1. The molecule has 0 spiro atoms. The fraction of sp³-hybridized carbons (Fsp3) is 0.679. The van der Waals surface area contributed by atoms with Gasteiger partial charge in [0.15, 0.2) is 5.82 Å². The quantitative estimate of drug-likeness (QED) is 0.157. The number of rotatable bonds is 14. The summed E-state index contributed by atoms with van der Waals surface area (Å²) in [4.78, 5) is 17.3. The number of nitrogens with one attached hydrogen (secondary N) is 5. The summed E-state index contributed by atoms with van der Waals surface area (Å²) in [5.41, 5.74) is 6.46. The van der Waals surface area contributed by atoms with Gasteiger partial charge in [0.1, 0.15) is 0 Å². The van der Waals surface area contributed by atoms with Crippen LogP contribution in [-0.4, -0.2) is 50.8 Å². The number of nitrogens with zero attached hydrogens (tertiary/aromatic N) is 2. The molecule has 0 bridgehead atoms. The minimum atomic E-state index is -3.63. The van der Waals surface area contributed by atoms with Crippen molar-refractivity contribution in [2.24, 2.45) is 22.7 Å². The molecule has 244 valence electrons. The lowest BCUT2D eigenvalue weighted by molar-refractivity contribution is 0.210. The van der Waals surface area contributed by atoms with Crippen LogP contribution in [0, 0.1) is 22.7 Å². The number of hydrazine groups is 1. The molecule has 12 nitrogen and oxygen atoms in total. The Morgan fingerprint density at radius 2 is 1.40 bits per heavy atom. The van der Waals surface area contributed by atoms with Gasteiger partial charge in [-0.05, 0) is 66.5 Å². The number of amides is 2. The van der Waals surface area contributed by atoms with E-state index in [1.807, 2.05) is 0 Å². The van der Waals surface area contributed by atoms with Crippen molar-refractivity contribution in [3.05, 3.63) is 18.2 Å². The third-order valence-corrected chi connectivity index (χ3v) is 8.22. The topological polar surface area (TPSA) is 171 Å². The summed E-state index contributed by atoms with van der Waals surface area (Å²) in [6.45, 7) is 17.8. The maximum Gasteiger partial charge on any atom is 0.333 e. The Kier molecular flexibility index (Phi) is 12.3. The predicted octanol–water partition coefficient (Wildman–Crippen LogP) is 5.87. The zero-order chi connectivity index (χ0) is 32.8. The van der Waals surface area contributed by atoms with Crippen LogP contribution in [0.5, 0.6) is 0 Å². The van der Waals surface area contributed by atoms with Gasteiger partial charge in [0.05, 0.1) is 23.9 Å². The lowest BCUT2D eigenvalue weighted by Crippen LogP contribution is -2.47. The zero-order valence-electron chi connectivity index (χ0n) is 27.0. The van der Waals surface area contributed by atoms with Crippen LogP contribution in [0.15, 0.2) is 18.2 Å². The van der Waals surface area contributed by atoms with Crippen molar-refractivity contribution in [2.45, 2.75) is 87.1 Å². The maximum absolute atomic E-state index is 12.9. The Morgan fingerprint density at radius 1 is 0.860 bits per heavy atom. The molecule has 0 aliphatic rings. The number of carbonyl (C=O) groups is 1. The van der Waals surface area contributed by atoms with E-state index >= 15 is 0 Å². The minimum Gasteiger partial charge on any atom is -0.334 e. The Labute approximate surface area is 261 Å². The zero-order valence-corrected chi connectivity index (χ0v) is 29.4. The van der Waals surface area contributed by atoms with E-state index in [0.29, 0.717) is 16.6 Å². The molecule has 43 heavy (non-hydrogen) atoms. The third kappa shape index (κ3) is 15.1. The summed E-state index contributed by atoms with van der Waals surface area (Å²) in [7, 11) is -7.25. The molecule has 0 radical (unpaired) electrons. The molecule has 2 rings (SSSR count). The molecule has 3 atom stereocenters. The van der Waals surface area contributed by atoms with Gasteiger partial charge in [-0.15, -0.1) is 0 Å². The van der Waals surface area contributed by atoms with Crippen LogP contribution in [0.3, 0.4) is 0 Å². The second-order valence-corrected chi connectivity index (χ2v) is 18.2. The van der Waals surface area contributed by atoms with E-state index in [-0.39, 0.29) is 46.0 Å². The first-order chi connectivity index (χ1) is 19.5. The summed E-state index contributed by atoms with van der Waals surface area (Å²) in [6, 6.07) is 3.93. The smallest absolute Gasteiger partial charge is 0.333 e. The Morgan fingerprint density at radius 3 is 1.88 bits per heavy atom. The van der Waals surface area contributed by atoms with Gasteiger partial charge in [0.2, 0.25) is 25.2 Å². The first kappa shape index (κ1) is 36.5. The molecule has 15 heteroatoms. The largest absolute Gasteiger partial charge is 0.334 e. The van der Waals surface area contributed by atoms with Crippen molar-refractivity contribution in [1.82, 2.24) is 20.1 Å². The molecule has 5 N–H and O–H groups in total. The number of carbonyl (C=O) groups excluding carboxylic acids is 1. The molecule has 2 aromatic rings. The van der Waals surface area contributed by atoms with Gasteiger partial charge >= 0.3 is 6.03 Å². The molecule has 2 amide bonds. The van der Waals surface area contributed by atoms with Crippen molar-refractivity contribution in [2.75, 3.05) is 27.4 Å². The highest BCUT2D eigenvalue weighted by Gasteiger charge is 2.26. The van der Waals surface area contributed by atoms with Crippen LogP contribution in [-0.2, 0) is 20.0 Å². The second kappa shape index (κ2) is 14.4. The number of hydrogen-bond donors (Lipinski definition) is 5. The van der Waals surface area contributed by atoms with E-state index in [9.17, 15) is 21.6 Å². The fourth-order valence-electron chi connectivity index (χ4n) is 5.23. The number of hydrogen-bond acceptors (Lipinski definition) is 9. The minimum absolute atomic E-state index is 0.0146. The molecular weight excluding hydrogens is 611 g/mol. The normalized spacial score (nSPS) is 14.8. The summed E-state index contributed by atoms with van der Waals surface area (Å²) in [5.74, 6) is 1.02. The van der Waals surface area contributed by atoms with Crippen LogP contribution < -0.4 is 25.6 Å². The molecule has 1 aromatic heterocycles. The van der Waals surface area contributed by atoms with E-state index in [4.69, 9.17) is 0 Å². The standard InChI is InChI=1S/C28H49N7O5S3/c1-18(16-27(3,4)5)11-12-23(19(2)17-28(6,7)8)29-25(36)31-32-26-30-24(33-41-26)20-13-21(34-42(9,37)38)15-22(14-20)35-43(10,39)40/h13-15,18-19,23,34-35H,11-12,16-17H2,1-10H3,(H2,29,31,36)(H,30,32,33). The first-order valence-corrected chi connectivity index (χ1v) is 18.8. The van der Waals surface area contributed by atoms with Crippen molar-refractivity contribution >= 4 is 54.1 Å². The molecule has 0 fully saturated rings. The van der Waals surface area contributed by atoms with Crippen molar-refractivity contribution in [3.63, 3.8) is 0 Å². The van der Waals surface area contributed by atoms with Crippen LogP contribution in [0.2, 0.25) is 0 Å². The summed E-state index contributed by atoms with van der Waals surface area (Å²) >= 11 is 0.985. The van der Waals surface area contributed by atoms with E-state index in [2.05, 4.69) is 90.4 Å². The first-order valence-electron chi connectivity index (χ1n) is 14.3. The van der Waals surface area contributed by atoms with Gasteiger partial charge in [0, 0.05) is 23.1 Å². The number of benzene rings is 1. The SMILES string of the molecule is CC(CCC(NC(=O)NNc1nc(-c2cc(NS(C)(=O)=O)cc(NS(C)(=O)=O)c2)ns1)C(C)CC(C)(C)C)CC(C)(C)C. The van der Waals surface area contributed by atoms with E-state index in [0.717, 1.165) is 49.7 Å². The molecule has 0 saturated heterocycles. The summed E-state index contributed by atoms with van der Waals surface area (Å²) in [5, 5.41) is 3.43. The van der Waals surface area contributed by atoms with Crippen LogP contribution in [0.1, 0.15) is 81.1 Å². The maximum atomic E-state index is 12.9. The van der Waals surface area contributed by atoms with Gasteiger partial charge < -0.3 is 5.32 Å². The number of urea groups is 1. The van der Waals surface area contributed by atoms with Crippen LogP contribution in [0.4, 0.5) is 21.3 Å². The van der Waals surface area contributed by atoms with Crippen LogP contribution >= 0.6 is 11.5 Å². The Bertz CT molecular complexity index is 1390. The fourth-order valence-corrected chi connectivity index (χ4v) is 6.86. The molecule has 3 unspecified atom stereocenters. The summed E-state index contributed by atoms with van der Waals surface area (Å²) in [6.07, 6.45) is 5.93. The lowest BCUT2D eigenvalue weighted by Gasteiger charge is -2.32. The molecule has 0 saturated carbocycles. The van der Waals surface area contributed by atoms with Gasteiger partial charge in [-0.1, -0.05) is 55.4 Å². The van der Waals surface area contributed by atoms with E-state index in [1.54, 1.807) is 0 Å². The van der Waals surface area contributed by atoms with Gasteiger partial charge in [-0.25, -0.2) is 27.1 Å². The number of sulfonamides is 2. The average Bonchev–Trinajstić information content (AvgIpc) is 3.25. The number of anilines is 3. The van der Waals surface area contributed by atoms with Crippen molar-refractivity contribution in [1.29, 1.82) is 0 Å². The van der Waals surface area contributed by atoms with E-state index < -0.39 is 20.0 Å². The average molecular weight is 660 g/mol. The van der Waals surface area contributed by atoms with Crippen molar-refractivity contribution < 1.29 is 21.6 Å². The van der Waals surface area contributed by atoms with Crippen molar-refractivity contribution in [3.8, 4) is 11.4 Å². The molecule has 0 aliphatic heterocycles. The predicted molar refractivity (Wildman–Crippen MR) is 177 cm³/mol. The van der Waals surface area contributed by atoms with Crippen LogP contribution in [0.25, 0.3) is 11.4 Å². The van der Waals surface area contributed by atoms with Gasteiger partial charge in [-0.3, -0.25) is 14.9 Å².